The fourth-order valence-electron chi connectivity index (χ4n) is 3.16. The zero-order valence-electron chi connectivity index (χ0n) is 16.5. The molecular weight excluding hydrogens is 416 g/mol. The van der Waals surface area contributed by atoms with Gasteiger partial charge in [0.15, 0.2) is 4.80 Å². The first kappa shape index (κ1) is 20.1. The number of carbonyl (C=O) groups is 1. The molecule has 4 aromatic rings. The lowest BCUT2D eigenvalue weighted by Gasteiger charge is -2.08. The molecule has 1 aromatic heterocycles. The Hall–Kier alpha value is -3.15. The molecule has 1 heterocycles. The molecule has 0 spiro atoms. The van der Waals surface area contributed by atoms with E-state index in [9.17, 15) is 4.79 Å². The number of hydrogen-bond acceptors (Lipinski definition) is 3. The standard InChI is InChI=1S/C24H19ClN2O2S/c1-27-21(16-10-14-20(29-2)15-11-16)22(17-6-4-3-5-7-17)30-24(27)26-23(28)18-8-12-19(25)13-9-18/h3-15H,1-2H3. The SMILES string of the molecule is COc1ccc(-c2c(-c3ccccc3)sc(=NC(=O)c3ccc(Cl)cc3)n2C)cc1. The van der Waals surface area contributed by atoms with E-state index in [1.807, 2.05) is 54.1 Å². The Morgan fingerprint density at radius 2 is 1.60 bits per heavy atom. The van der Waals surface area contributed by atoms with Gasteiger partial charge in [-0.05, 0) is 59.7 Å². The van der Waals surface area contributed by atoms with Crippen molar-refractivity contribution >= 4 is 28.8 Å². The molecular formula is C24H19ClN2O2S. The van der Waals surface area contributed by atoms with Crippen molar-refractivity contribution in [3.05, 3.63) is 94.3 Å². The molecule has 0 aliphatic heterocycles. The fourth-order valence-corrected chi connectivity index (χ4v) is 4.43. The van der Waals surface area contributed by atoms with Gasteiger partial charge in [0, 0.05) is 17.6 Å². The predicted molar refractivity (Wildman–Crippen MR) is 122 cm³/mol. The van der Waals surface area contributed by atoms with Crippen LogP contribution in [0.4, 0.5) is 0 Å². The Bertz CT molecular complexity index is 1240. The van der Waals surface area contributed by atoms with Crippen LogP contribution < -0.4 is 9.54 Å². The highest BCUT2D eigenvalue weighted by Gasteiger charge is 2.16. The van der Waals surface area contributed by atoms with E-state index in [1.165, 1.54) is 11.3 Å². The van der Waals surface area contributed by atoms with Crippen molar-refractivity contribution in [2.75, 3.05) is 7.11 Å². The third kappa shape index (κ3) is 4.08. The van der Waals surface area contributed by atoms with E-state index in [2.05, 4.69) is 17.1 Å². The molecule has 0 radical (unpaired) electrons. The van der Waals surface area contributed by atoms with E-state index in [-0.39, 0.29) is 5.91 Å². The molecule has 6 heteroatoms. The number of hydrogen-bond donors (Lipinski definition) is 0. The molecule has 4 nitrogen and oxygen atoms in total. The zero-order chi connectivity index (χ0) is 21.1. The predicted octanol–water partition coefficient (Wildman–Crippen LogP) is 5.82. The second-order valence-electron chi connectivity index (χ2n) is 6.64. The van der Waals surface area contributed by atoms with E-state index in [0.717, 1.165) is 27.4 Å². The zero-order valence-corrected chi connectivity index (χ0v) is 18.1. The Morgan fingerprint density at radius 1 is 0.933 bits per heavy atom. The van der Waals surface area contributed by atoms with Crippen molar-refractivity contribution < 1.29 is 9.53 Å². The summed E-state index contributed by atoms with van der Waals surface area (Å²) in [5.41, 5.74) is 3.59. The van der Waals surface area contributed by atoms with Gasteiger partial charge in [0.25, 0.3) is 5.91 Å². The third-order valence-corrected chi connectivity index (χ3v) is 6.15. The van der Waals surface area contributed by atoms with Crippen molar-refractivity contribution in [2.24, 2.45) is 12.0 Å². The summed E-state index contributed by atoms with van der Waals surface area (Å²) in [6.07, 6.45) is 0. The molecule has 1 amide bonds. The molecule has 0 saturated heterocycles. The summed E-state index contributed by atoms with van der Waals surface area (Å²) < 4.78 is 7.25. The van der Waals surface area contributed by atoms with E-state index < -0.39 is 0 Å². The quantitative estimate of drug-likeness (QED) is 0.406. The minimum absolute atomic E-state index is 0.301. The largest absolute Gasteiger partial charge is 0.497 e. The molecule has 0 fully saturated rings. The number of rotatable bonds is 4. The van der Waals surface area contributed by atoms with Gasteiger partial charge in [-0.25, -0.2) is 0 Å². The Labute approximate surface area is 183 Å². The summed E-state index contributed by atoms with van der Waals surface area (Å²) in [5.74, 6) is 0.491. The molecule has 0 N–H and O–H groups in total. The Kier molecular flexibility index (Phi) is 5.84. The highest BCUT2D eigenvalue weighted by Crippen LogP contribution is 2.34. The van der Waals surface area contributed by atoms with Crippen LogP contribution in [0.2, 0.25) is 5.02 Å². The molecule has 0 aliphatic rings. The lowest BCUT2D eigenvalue weighted by Crippen LogP contribution is -2.14. The lowest BCUT2D eigenvalue weighted by molar-refractivity contribution is 0.0998. The summed E-state index contributed by atoms with van der Waals surface area (Å²) in [5, 5.41) is 0.585. The van der Waals surface area contributed by atoms with Crippen LogP contribution in [0.1, 0.15) is 10.4 Å². The lowest BCUT2D eigenvalue weighted by atomic mass is 10.1. The number of carbonyl (C=O) groups excluding carboxylic acids is 1. The van der Waals surface area contributed by atoms with Gasteiger partial charge in [0.05, 0.1) is 17.7 Å². The summed E-state index contributed by atoms with van der Waals surface area (Å²) in [4.78, 5) is 18.8. The maximum Gasteiger partial charge on any atom is 0.279 e. The molecule has 4 rings (SSSR count). The first-order chi connectivity index (χ1) is 14.6. The van der Waals surface area contributed by atoms with Gasteiger partial charge in [-0.2, -0.15) is 4.99 Å². The summed E-state index contributed by atoms with van der Waals surface area (Å²) in [6, 6.07) is 24.7. The summed E-state index contributed by atoms with van der Waals surface area (Å²) in [6.45, 7) is 0. The summed E-state index contributed by atoms with van der Waals surface area (Å²) in [7, 11) is 3.57. The summed E-state index contributed by atoms with van der Waals surface area (Å²) >= 11 is 7.42. The number of thiazole rings is 1. The number of benzene rings is 3. The molecule has 30 heavy (non-hydrogen) atoms. The minimum Gasteiger partial charge on any atom is -0.497 e. The maximum atomic E-state index is 12.7. The van der Waals surface area contributed by atoms with Crippen LogP contribution in [0.25, 0.3) is 21.7 Å². The minimum atomic E-state index is -0.301. The normalized spacial score (nSPS) is 11.5. The van der Waals surface area contributed by atoms with Crippen molar-refractivity contribution in [3.8, 4) is 27.4 Å². The first-order valence-electron chi connectivity index (χ1n) is 9.31. The molecule has 0 aliphatic carbocycles. The third-order valence-electron chi connectivity index (χ3n) is 4.72. The monoisotopic (exact) mass is 434 g/mol. The van der Waals surface area contributed by atoms with Gasteiger partial charge in [0.1, 0.15) is 5.75 Å². The molecule has 3 aromatic carbocycles. The van der Waals surface area contributed by atoms with Gasteiger partial charge in [0.2, 0.25) is 0 Å². The molecule has 150 valence electrons. The van der Waals surface area contributed by atoms with Crippen LogP contribution in [-0.2, 0) is 7.05 Å². The molecule has 0 atom stereocenters. The fraction of sp³-hybridized carbons (Fsp3) is 0.0833. The van der Waals surface area contributed by atoms with E-state index in [0.29, 0.717) is 15.4 Å². The molecule has 0 bridgehead atoms. The highest BCUT2D eigenvalue weighted by atomic mass is 35.5. The average molecular weight is 435 g/mol. The van der Waals surface area contributed by atoms with E-state index in [1.54, 1.807) is 31.4 Å². The Balaban J connectivity index is 1.87. The first-order valence-corrected chi connectivity index (χ1v) is 10.5. The smallest absolute Gasteiger partial charge is 0.279 e. The van der Waals surface area contributed by atoms with Crippen LogP contribution in [0.3, 0.4) is 0 Å². The van der Waals surface area contributed by atoms with Gasteiger partial charge in [-0.3, -0.25) is 4.79 Å². The van der Waals surface area contributed by atoms with Crippen LogP contribution in [-0.4, -0.2) is 17.6 Å². The van der Waals surface area contributed by atoms with E-state index >= 15 is 0 Å². The van der Waals surface area contributed by atoms with Gasteiger partial charge < -0.3 is 9.30 Å². The second kappa shape index (κ2) is 8.69. The van der Waals surface area contributed by atoms with Crippen LogP contribution in [0, 0.1) is 0 Å². The number of ether oxygens (including phenoxy) is 1. The van der Waals surface area contributed by atoms with Crippen molar-refractivity contribution in [1.82, 2.24) is 4.57 Å². The number of aromatic nitrogens is 1. The van der Waals surface area contributed by atoms with Crippen molar-refractivity contribution in [2.45, 2.75) is 0 Å². The topological polar surface area (TPSA) is 43.6 Å². The molecule has 0 saturated carbocycles. The second-order valence-corrected chi connectivity index (χ2v) is 8.05. The van der Waals surface area contributed by atoms with Crippen molar-refractivity contribution in [3.63, 3.8) is 0 Å². The van der Waals surface area contributed by atoms with E-state index in [4.69, 9.17) is 16.3 Å². The average Bonchev–Trinajstić information content (AvgIpc) is 3.10. The van der Waals surface area contributed by atoms with Gasteiger partial charge in [-0.15, -0.1) is 0 Å². The van der Waals surface area contributed by atoms with Gasteiger partial charge in [-0.1, -0.05) is 53.3 Å². The highest BCUT2D eigenvalue weighted by molar-refractivity contribution is 7.13. The number of halogens is 1. The number of nitrogens with zero attached hydrogens (tertiary/aromatic N) is 2. The molecule has 0 unspecified atom stereocenters. The number of amides is 1. The van der Waals surface area contributed by atoms with Crippen LogP contribution in [0.5, 0.6) is 5.75 Å². The van der Waals surface area contributed by atoms with Crippen molar-refractivity contribution in [1.29, 1.82) is 0 Å². The van der Waals surface area contributed by atoms with Gasteiger partial charge >= 0.3 is 0 Å². The Morgan fingerprint density at radius 3 is 2.23 bits per heavy atom. The maximum absolute atomic E-state index is 12.7. The van der Waals surface area contributed by atoms with Crippen LogP contribution in [0.15, 0.2) is 83.9 Å². The number of methoxy groups -OCH3 is 1. The van der Waals surface area contributed by atoms with Crippen LogP contribution >= 0.6 is 22.9 Å².